The van der Waals surface area contributed by atoms with E-state index in [4.69, 9.17) is 9.47 Å². The summed E-state index contributed by atoms with van der Waals surface area (Å²) in [5, 5.41) is 3.99. The molecule has 0 unspecified atom stereocenters. The van der Waals surface area contributed by atoms with Crippen LogP contribution in [-0.2, 0) is 0 Å². The minimum Gasteiger partial charge on any atom is -0.497 e. The van der Waals surface area contributed by atoms with E-state index in [-0.39, 0.29) is 11.9 Å². The van der Waals surface area contributed by atoms with Crippen LogP contribution in [0.25, 0.3) is 10.9 Å². The van der Waals surface area contributed by atoms with Crippen LogP contribution < -0.4 is 14.8 Å². The topological polar surface area (TPSA) is 60.5 Å². The van der Waals surface area contributed by atoms with E-state index in [0.717, 1.165) is 34.4 Å². The molecule has 0 saturated heterocycles. The van der Waals surface area contributed by atoms with Crippen LogP contribution in [-0.4, -0.2) is 25.1 Å². The summed E-state index contributed by atoms with van der Waals surface area (Å²) in [5.74, 6) is 1.37. The van der Waals surface area contributed by atoms with Crippen LogP contribution in [0.4, 0.5) is 0 Å². The first-order valence-electron chi connectivity index (χ1n) is 8.54. The summed E-state index contributed by atoms with van der Waals surface area (Å²) in [6.07, 6.45) is 0.781. The van der Waals surface area contributed by atoms with Gasteiger partial charge in [0.15, 0.2) is 0 Å². The third-order valence-corrected chi connectivity index (χ3v) is 4.36. The van der Waals surface area contributed by atoms with Gasteiger partial charge in [0.05, 0.1) is 25.8 Å². The van der Waals surface area contributed by atoms with E-state index in [1.54, 1.807) is 20.3 Å². The maximum Gasteiger partial charge on any atom is 0.270 e. The number of methoxy groups -OCH3 is 2. The molecule has 0 aliphatic heterocycles. The number of aromatic nitrogens is 1. The quantitative estimate of drug-likeness (QED) is 0.726. The van der Waals surface area contributed by atoms with E-state index < -0.39 is 0 Å². The second kappa shape index (κ2) is 7.87. The molecule has 26 heavy (non-hydrogen) atoms. The number of fused-ring (bicyclic) bond motifs is 1. The Morgan fingerprint density at radius 2 is 1.69 bits per heavy atom. The molecular weight excluding hydrogens is 328 g/mol. The predicted octanol–water partition coefficient (Wildman–Crippen LogP) is 4.13. The Balaban J connectivity index is 1.79. The Morgan fingerprint density at radius 3 is 2.35 bits per heavy atom. The Bertz CT molecular complexity index is 907. The lowest BCUT2D eigenvalue weighted by Crippen LogP contribution is -2.28. The van der Waals surface area contributed by atoms with Gasteiger partial charge < -0.3 is 14.8 Å². The van der Waals surface area contributed by atoms with Crippen molar-refractivity contribution in [2.75, 3.05) is 14.2 Å². The van der Waals surface area contributed by atoms with E-state index in [0.29, 0.717) is 5.69 Å². The van der Waals surface area contributed by atoms with Gasteiger partial charge >= 0.3 is 0 Å². The third-order valence-electron chi connectivity index (χ3n) is 4.36. The van der Waals surface area contributed by atoms with Gasteiger partial charge in [0.1, 0.15) is 17.2 Å². The molecule has 3 rings (SSSR count). The number of carbonyl (C=O) groups excluding carboxylic acids is 1. The monoisotopic (exact) mass is 350 g/mol. The van der Waals surface area contributed by atoms with Crippen molar-refractivity contribution in [3.05, 3.63) is 65.9 Å². The van der Waals surface area contributed by atoms with Crippen molar-refractivity contribution in [2.24, 2.45) is 0 Å². The van der Waals surface area contributed by atoms with Crippen LogP contribution >= 0.6 is 0 Å². The fourth-order valence-electron chi connectivity index (χ4n) is 2.85. The zero-order valence-corrected chi connectivity index (χ0v) is 15.2. The normalized spacial score (nSPS) is 11.8. The molecule has 2 aromatic carbocycles. The van der Waals surface area contributed by atoms with Crippen LogP contribution in [0.3, 0.4) is 0 Å². The zero-order valence-electron chi connectivity index (χ0n) is 15.2. The van der Waals surface area contributed by atoms with Gasteiger partial charge in [0.2, 0.25) is 0 Å². The SMILES string of the molecule is CC[C@@H](NC(=O)c1ccc2cc(OC)ccc2n1)c1ccc(OC)cc1. The Labute approximate surface area is 153 Å². The Kier molecular flexibility index (Phi) is 5.37. The highest BCUT2D eigenvalue weighted by molar-refractivity contribution is 5.95. The fourth-order valence-corrected chi connectivity index (χ4v) is 2.85. The van der Waals surface area contributed by atoms with Crippen LogP contribution in [0, 0.1) is 0 Å². The molecule has 0 bridgehead atoms. The number of benzene rings is 2. The van der Waals surface area contributed by atoms with Crippen molar-refractivity contribution in [3.63, 3.8) is 0 Å². The average Bonchev–Trinajstić information content (AvgIpc) is 2.71. The van der Waals surface area contributed by atoms with Gasteiger partial charge in [0, 0.05) is 5.39 Å². The summed E-state index contributed by atoms with van der Waals surface area (Å²) in [6.45, 7) is 2.04. The first-order valence-corrected chi connectivity index (χ1v) is 8.54. The molecule has 1 heterocycles. The molecule has 1 N–H and O–H groups in total. The molecule has 5 nitrogen and oxygen atoms in total. The summed E-state index contributed by atoms with van der Waals surface area (Å²) in [7, 11) is 3.26. The number of hydrogen-bond donors (Lipinski definition) is 1. The van der Waals surface area contributed by atoms with Crippen molar-refractivity contribution in [1.82, 2.24) is 10.3 Å². The van der Waals surface area contributed by atoms with Crippen LogP contribution in [0.5, 0.6) is 11.5 Å². The molecule has 0 radical (unpaired) electrons. The summed E-state index contributed by atoms with van der Waals surface area (Å²) in [4.78, 5) is 17.1. The van der Waals surface area contributed by atoms with Gasteiger partial charge in [0.25, 0.3) is 5.91 Å². The van der Waals surface area contributed by atoms with Crippen molar-refractivity contribution < 1.29 is 14.3 Å². The summed E-state index contributed by atoms with van der Waals surface area (Å²) in [5.41, 5.74) is 2.19. The molecule has 0 saturated carbocycles. The highest BCUT2D eigenvalue weighted by atomic mass is 16.5. The van der Waals surface area contributed by atoms with Gasteiger partial charge in [-0.3, -0.25) is 4.79 Å². The Hall–Kier alpha value is -3.08. The highest BCUT2D eigenvalue weighted by Gasteiger charge is 2.15. The summed E-state index contributed by atoms with van der Waals surface area (Å²) >= 11 is 0. The molecule has 1 atom stereocenters. The molecule has 3 aromatic rings. The molecule has 0 spiro atoms. The first kappa shape index (κ1) is 17.7. The fraction of sp³-hybridized carbons (Fsp3) is 0.238. The maximum atomic E-state index is 12.7. The lowest BCUT2D eigenvalue weighted by molar-refractivity contribution is 0.0931. The minimum atomic E-state index is -0.189. The van der Waals surface area contributed by atoms with E-state index in [2.05, 4.69) is 10.3 Å². The second-order valence-electron chi connectivity index (χ2n) is 5.96. The standard InChI is InChI=1S/C21H22N2O3/c1-4-18(14-5-8-16(25-2)9-6-14)23-21(24)20-11-7-15-13-17(26-3)10-12-19(15)22-20/h5-13,18H,4H2,1-3H3,(H,23,24)/t18-/m1/s1. The molecule has 1 amide bonds. The third kappa shape index (κ3) is 3.77. The largest absolute Gasteiger partial charge is 0.497 e. The van der Waals surface area contributed by atoms with Gasteiger partial charge in [-0.1, -0.05) is 25.1 Å². The highest BCUT2D eigenvalue weighted by Crippen LogP contribution is 2.22. The van der Waals surface area contributed by atoms with Gasteiger partial charge in [-0.05, 0) is 48.4 Å². The van der Waals surface area contributed by atoms with E-state index in [1.165, 1.54) is 0 Å². The van der Waals surface area contributed by atoms with Crippen LogP contribution in [0.15, 0.2) is 54.6 Å². The number of nitrogens with one attached hydrogen (secondary N) is 1. The molecule has 134 valence electrons. The summed E-state index contributed by atoms with van der Waals surface area (Å²) in [6, 6.07) is 16.8. The summed E-state index contributed by atoms with van der Waals surface area (Å²) < 4.78 is 10.4. The Morgan fingerprint density at radius 1 is 1.00 bits per heavy atom. The molecule has 0 fully saturated rings. The van der Waals surface area contributed by atoms with Crippen molar-refractivity contribution >= 4 is 16.8 Å². The molecular formula is C21H22N2O3. The van der Waals surface area contributed by atoms with Crippen LogP contribution in [0.1, 0.15) is 35.4 Å². The van der Waals surface area contributed by atoms with E-state index in [9.17, 15) is 4.79 Å². The molecule has 1 aromatic heterocycles. The predicted molar refractivity (Wildman–Crippen MR) is 102 cm³/mol. The molecule has 5 heteroatoms. The van der Waals surface area contributed by atoms with E-state index in [1.807, 2.05) is 55.5 Å². The zero-order chi connectivity index (χ0) is 18.5. The van der Waals surface area contributed by atoms with Gasteiger partial charge in [-0.15, -0.1) is 0 Å². The number of amides is 1. The molecule has 0 aliphatic rings. The molecule has 0 aliphatic carbocycles. The number of nitrogens with zero attached hydrogens (tertiary/aromatic N) is 1. The van der Waals surface area contributed by atoms with E-state index >= 15 is 0 Å². The number of pyridine rings is 1. The second-order valence-corrected chi connectivity index (χ2v) is 5.96. The van der Waals surface area contributed by atoms with Gasteiger partial charge in [-0.2, -0.15) is 0 Å². The number of ether oxygens (including phenoxy) is 2. The lowest BCUT2D eigenvalue weighted by atomic mass is 10.0. The number of rotatable bonds is 6. The van der Waals surface area contributed by atoms with Gasteiger partial charge in [-0.25, -0.2) is 4.98 Å². The minimum absolute atomic E-state index is 0.0817. The maximum absolute atomic E-state index is 12.7. The van der Waals surface area contributed by atoms with Crippen LogP contribution in [0.2, 0.25) is 0 Å². The number of hydrogen-bond acceptors (Lipinski definition) is 4. The average molecular weight is 350 g/mol. The first-order chi connectivity index (χ1) is 12.6. The van der Waals surface area contributed by atoms with Crippen molar-refractivity contribution in [1.29, 1.82) is 0 Å². The number of carbonyl (C=O) groups is 1. The lowest BCUT2D eigenvalue weighted by Gasteiger charge is -2.17. The van der Waals surface area contributed by atoms with Crippen molar-refractivity contribution in [2.45, 2.75) is 19.4 Å². The smallest absolute Gasteiger partial charge is 0.270 e. The van der Waals surface area contributed by atoms with Crippen molar-refractivity contribution in [3.8, 4) is 11.5 Å².